The van der Waals surface area contributed by atoms with E-state index < -0.39 is 0 Å². The van der Waals surface area contributed by atoms with Gasteiger partial charge in [-0.05, 0) is 31.5 Å². The van der Waals surface area contributed by atoms with Crippen LogP contribution >= 0.6 is 0 Å². The van der Waals surface area contributed by atoms with Crippen molar-refractivity contribution >= 4 is 5.82 Å². The van der Waals surface area contributed by atoms with Gasteiger partial charge in [-0.1, -0.05) is 5.16 Å². The summed E-state index contributed by atoms with van der Waals surface area (Å²) in [4.78, 5) is 21.2. The maximum atomic E-state index is 5.65. The van der Waals surface area contributed by atoms with Crippen molar-refractivity contribution in [3.8, 4) is 11.4 Å². The van der Waals surface area contributed by atoms with Gasteiger partial charge in [0.15, 0.2) is 0 Å². The summed E-state index contributed by atoms with van der Waals surface area (Å²) < 4.78 is 11.1. The predicted octanol–water partition coefficient (Wildman–Crippen LogP) is 2.03. The van der Waals surface area contributed by atoms with E-state index in [0.29, 0.717) is 11.7 Å². The van der Waals surface area contributed by atoms with Crippen LogP contribution in [-0.4, -0.2) is 62.8 Å². The Morgan fingerprint density at radius 1 is 1.14 bits per heavy atom. The van der Waals surface area contributed by atoms with E-state index in [9.17, 15) is 0 Å². The number of hydrogen-bond acceptors (Lipinski definition) is 8. The molecule has 3 aromatic heterocycles. The molecule has 0 bridgehead atoms. The van der Waals surface area contributed by atoms with Crippen LogP contribution in [0.15, 0.2) is 35.2 Å². The van der Waals surface area contributed by atoms with Crippen LogP contribution in [0.1, 0.15) is 30.6 Å². The van der Waals surface area contributed by atoms with Gasteiger partial charge in [-0.2, -0.15) is 4.98 Å². The van der Waals surface area contributed by atoms with Gasteiger partial charge in [0.2, 0.25) is 11.7 Å². The summed E-state index contributed by atoms with van der Waals surface area (Å²) in [5.41, 5.74) is 0.919. The molecule has 0 amide bonds. The lowest BCUT2D eigenvalue weighted by atomic mass is 10.2. The lowest BCUT2D eigenvalue weighted by Crippen LogP contribution is -2.36. The van der Waals surface area contributed by atoms with E-state index in [1.165, 1.54) is 0 Å². The summed E-state index contributed by atoms with van der Waals surface area (Å²) in [5.74, 6) is 3.16. The minimum Gasteiger partial charge on any atom is -0.378 e. The number of imidazole rings is 1. The summed E-state index contributed by atoms with van der Waals surface area (Å²) in [6.45, 7) is 4.90. The molecule has 2 aliphatic heterocycles. The standard InChI is InChI=1S/C19H23N7O2/c1-2-15(26(7-1)13-16-20-5-6-21-16)19-23-18(24-28-19)14-3-4-22-17(12-14)25-8-10-27-11-9-25/h3-6,12,15H,1-2,7-11,13H2,(H,20,21)/t15-/m0/s1. The molecule has 146 valence electrons. The maximum Gasteiger partial charge on any atom is 0.244 e. The van der Waals surface area contributed by atoms with E-state index in [2.05, 4.69) is 29.9 Å². The molecule has 2 fully saturated rings. The first kappa shape index (κ1) is 17.3. The van der Waals surface area contributed by atoms with Gasteiger partial charge in [-0.15, -0.1) is 0 Å². The Balaban J connectivity index is 1.34. The molecule has 9 nitrogen and oxygen atoms in total. The summed E-state index contributed by atoms with van der Waals surface area (Å²) in [7, 11) is 0. The van der Waals surface area contributed by atoms with Crippen molar-refractivity contribution in [3.05, 3.63) is 42.4 Å². The Bertz CT molecular complexity index is 905. The van der Waals surface area contributed by atoms with Crippen LogP contribution in [0.5, 0.6) is 0 Å². The number of pyridine rings is 1. The van der Waals surface area contributed by atoms with Crippen molar-refractivity contribution in [2.24, 2.45) is 0 Å². The van der Waals surface area contributed by atoms with Gasteiger partial charge < -0.3 is 19.1 Å². The highest BCUT2D eigenvalue weighted by Crippen LogP contribution is 2.33. The van der Waals surface area contributed by atoms with E-state index in [-0.39, 0.29) is 6.04 Å². The Morgan fingerprint density at radius 2 is 2.07 bits per heavy atom. The lowest BCUT2D eigenvalue weighted by Gasteiger charge is -2.27. The molecule has 1 N–H and O–H groups in total. The molecule has 0 aliphatic carbocycles. The molecule has 0 spiro atoms. The zero-order valence-electron chi connectivity index (χ0n) is 15.6. The molecular weight excluding hydrogens is 358 g/mol. The fraction of sp³-hybridized carbons (Fsp3) is 0.474. The van der Waals surface area contributed by atoms with Crippen LogP contribution in [-0.2, 0) is 11.3 Å². The summed E-state index contributed by atoms with van der Waals surface area (Å²) in [6.07, 6.45) is 7.55. The molecule has 3 aromatic rings. The summed E-state index contributed by atoms with van der Waals surface area (Å²) in [6, 6.07) is 4.08. The molecule has 0 aromatic carbocycles. The van der Waals surface area contributed by atoms with Gasteiger partial charge in [-0.3, -0.25) is 4.90 Å². The monoisotopic (exact) mass is 381 g/mol. The van der Waals surface area contributed by atoms with Gasteiger partial charge in [0, 0.05) is 37.2 Å². The number of H-pyrrole nitrogens is 1. The number of anilines is 1. The van der Waals surface area contributed by atoms with E-state index in [0.717, 1.165) is 69.4 Å². The molecule has 1 atom stereocenters. The lowest BCUT2D eigenvalue weighted by molar-refractivity contribution is 0.122. The quantitative estimate of drug-likeness (QED) is 0.717. The minimum atomic E-state index is 0.131. The third-order valence-corrected chi connectivity index (χ3v) is 5.34. The molecule has 0 unspecified atom stereocenters. The first-order valence-corrected chi connectivity index (χ1v) is 9.72. The van der Waals surface area contributed by atoms with E-state index in [1.54, 1.807) is 12.4 Å². The van der Waals surface area contributed by atoms with Crippen LogP contribution in [0, 0.1) is 0 Å². The second-order valence-electron chi connectivity index (χ2n) is 7.12. The molecule has 28 heavy (non-hydrogen) atoms. The fourth-order valence-electron chi connectivity index (χ4n) is 3.88. The van der Waals surface area contributed by atoms with Crippen molar-refractivity contribution < 1.29 is 9.26 Å². The second kappa shape index (κ2) is 7.69. The van der Waals surface area contributed by atoms with Gasteiger partial charge in [0.25, 0.3) is 0 Å². The van der Waals surface area contributed by atoms with Crippen molar-refractivity contribution in [2.75, 3.05) is 37.7 Å². The largest absolute Gasteiger partial charge is 0.378 e. The molecule has 0 radical (unpaired) electrons. The van der Waals surface area contributed by atoms with Gasteiger partial charge in [-0.25, -0.2) is 9.97 Å². The summed E-state index contributed by atoms with van der Waals surface area (Å²) in [5, 5.41) is 4.24. The first-order chi connectivity index (χ1) is 13.9. The zero-order chi connectivity index (χ0) is 18.8. The van der Waals surface area contributed by atoms with Crippen LogP contribution in [0.4, 0.5) is 5.82 Å². The number of nitrogens with zero attached hydrogens (tertiary/aromatic N) is 6. The Labute approximate surface area is 162 Å². The van der Waals surface area contributed by atoms with Gasteiger partial charge in [0.1, 0.15) is 11.6 Å². The number of aromatic amines is 1. The highest BCUT2D eigenvalue weighted by molar-refractivity contribution is 5.59. The number of morpholine rings is 1. The molecule has 2 saturated heterocycles. The maximum absolute atomic E-state index is 5.65. The van der Waals surface area contributed by atoms with E-state index in [4.69, 9.17) is 14.2 Å². The average Bonchev–Trinajstić information content (AvgIpc) is 3.51. The van der Waals surface area contributed by atoms with Crippen molar-refractivity contribution in [1.29, 1.82) is 0 Å². The van der Waals surface area contributed by atoms with Gasteiger partial charge >= 0.3 is 0 Å². The normalized spacial score (nSPS) is 20.7. The van der Waals surface area contributed by atoms with Crippen LogP contribution < -0.4 is 4.90 Å². The smallest absolute Gasteiger partial charge is 0.244 e. The van der Waals surface area contributed by atoms with Crippen molar-refractivity contribution in [1.82, 2.24) is 30.0 Å². The highest BCUT2D eigenvalue weighted by atomic mass is 16.5. The highest BCUT2D eigenvalue weighted by Gasteiger charge is 2.31. The Morgan fingerprint density at radius 3 is 2.93 bits per heavy atom. The molecule has 2 aliphatic rings. The average molecular weight is 381 g/mol. The minimum absolute atomic E-state index is 0.131. The van der Waals surface area contributed by atoms with Gasteiger partial charge in [0.05, 0.1) is 25.8 Å². The molecule has 0 saturated carbocycles. The number of rotatable bonds is 5. The summed E-state index contributed by atoms with van der Waals surface area (Å²) >= 11 is 0. The predicted molar refractivity (Wildman–Crippen MR) is 102 cm³/mol. The SMILES string of the molecule is c1cc(-c2noc([C@@H]3CCCN3Cc3ncc[nH]3)n2)cc(N2CCOCC2)n1. The fourth-order valence-corrected chi connectivity index (χ4v) is 3.88. The molecular formula is C19H23N7O2. The molecule has 9 heteroatoms. The van der Waals surface area contributed by atoms with Crippen LogP contribution in [0.2, 0.25) is 0 Å². The number of likely N-dealkylation sites (tertiary alicyclic amines) is 1. The number of hydrogen-bond donors (Lipinski definition) is 1. The zero-order valence-corrected chi connectivity index (χ0v) is 15.6. The van der Waals surface area contributed by atoms with E-state index in [1.807, 2.05) is 18.3 Å². The second-order valence-corrected chi connectivity index (χ2v) is 7.12. The molecule has 5 rings (SSSR count). The Kier molecular flexibility index (Phi) is 4.76. The third kappa shape index (κ3) is 3.50. The molecule has 5 heterocycles. The van der Waals surface area contributed by atoms with Crippen molar-refractivity contribution in [2.45, 2.75) is 25.4 Å². The Hall–Kier alpha value is -2.78. The van der Waals surface area contributed by atoms with E-state index >= 15 is 0 Å². The van der Waals surface area contributed by atoms with Crippen LogP contribution in [0.3, 0.4) is 0 Å². The number of ether oxygens (including phenoxy) is 1. The van der Waals surface area contributed by atoms with Crippen LogP contribution in [0.25, 0.3) is 11.4 Å². The number of nitrogens with one attached hydrogen (secondary N) is 1. The first-order valence-electron chi connectivity index (χ1n) is 9.72. The topological polar surface area (TPSA) is 96.2 Å². The van der Waals surface area contributed by atoms with Crippen molar-refractivity contribution in [3.63, 3.8) is 0 Å². The number of aromatic nitrogens is 5. The third-order valence-electron chi connectivity index (χ3n) is 5.34.